The van der Waals surface area contributed by atoms with E-state index in [1.165, 1.54) is 11.7 Å². The molecule has 7 nitrogen and oxygen atoms in total. The number of fused-ring (bicyclic) bond motifs is 1. The van der Waals surface area contributed by atoms with Crippen molar-refractivity contribution < 1.29 is 14.3 Å². The second-order valence-corrected chi connectivity index (χ2v) is 6.19. The van der Waals surface area contributed by atoms with Crippen LogP contribution in [0.25, 0.3) is 27.9 Å². The normalized spacial score (nSPS) is 10.6. The van der Waals surface area contributed by atoms with E-state index < -0.39 is 16.9 Å². The van der Waals surface area contributed by atoms with Gasteiger partial charge in [-0.3, -0.25) is 9.36 Å². The second-order valence-electron chi connectivity index (χ2n) is 6.19. The molecule has 4 aromatic rings. The summed E-state index contributed by atoms with van der Waals surface area (Å²) in [6, 6.07) is 18.3. The summed E-state index contributed by atoms with van der Waals surface area (Å²) in [5.74, 6) is 0.0535. The van der Waals surface area contributed by atoms with Crippen LogP contribution >= 0.6 is 0 Å². The Morgan fingerprint density at radius 3 is 2.38 bits per heavy atom. The van der Waals surface area contributed by atoms with Gasteiger partial charge in [0.05, 0.1) is 18.9 Å². The Kier molecular flexibility index (Phi) is 4.37. The summed E-state index contributed by atoms with van der Waals surface area (Å²) < 4.78 is 11.6. The van der Waals surface area contributed by atoms with Crippen molar-refractivity contribution in [3.8, 4) is 34.5 Å². The highest BCUT2D eigenvalue weighted by Crippen LogP contribution is 2.32. The van der Waals surface area contributed by atoms with Crippen LogP contribution < -0.4 is 15.9 Å². The fourth-order valence-electron chi connectivity index (χ4n) is 3.25. The molecule has 2 heterocycles. The van der Waals surface area contributed by atoms with Gasteiger partial charge < -0.3 is 14.3 Å². The standard InChI is InChI=1S/C22H14N2O5/c1-28-15-9-7-14(8-10-15)24-20(13-5-3-2-4-6-13)16(12-23)21-19(22(24)27)17(25)11-18(26)29-21/h2-11,25H,1H3. The van der Waals surface area contributed by atoms with Crippen LogP contribution in [-0.2, 0) is 0 Å². The SMILES string of the molecule is COc1ccc(-n2c(-c3ccccc3)c(C#N)c3oc(=O)cc(O)c3c2=O)cc1. The Bertz CT molecular complexity index is 1380. The number of pyridine rings is 1. The van der Waals surface area contributed by atoms with Gasteiger partial charge >= 0.3 is 5.63 Å². The van der Waals surface area contributed by atoms with Gasteiger partial charge in [0.2, 0.25) is 0 Å². The minimum absolute atomic E-state index is 0.0328. The van der Waals surface area contributed by atoms with Crippen molar-refractivity contribution in [3.63, 3.8) is 0 Å². The summed E-state index contributed by atoms with van der Waals surface area (Å²) in [5, 5.41) is 19.9. The number of rotatable bonds is 3. The molecule has 7 heteroatoms. The van der Waals surface area contributed by atoms with E-state index in [4.69, 9.17) is 9.15 Å². The topological polar surface area (TPSA) is 105 Å². The fourth-order valence-corrected chi connectivity index (χ4v) is 3.25. The predicted octanol–water partition coefficient (Wildman–Crippen LogP) is 3.20. The van der Waals surface area contributed by atoms with E-state index in [1.54, 1.807) is 54.6 Å². The summed E-state index contributed by atoms with van der Waals surface area (Å²) in [7, 11) is 1.53. The Morgan fingerprint density at radius 1 is 1.07 bits per heavy atom. The van der Waals surface area contributed by atoms with Gasteiger partial charge in [-0.05, 0) is 24.3 Å². The lowest BCUT2D eigenvalue weighted by Crippen LogP contribution is -2.23. The molecule has 0 spiro atoms. The van der Waals surface area contributed by atoms with Gasteiger partial charge in [-0.1, -0.05) is 30.3 Å². The van der Waals surface area contributed by atoms with Crippen LogP contribution in [0, 0.1) is 11.3 Å². The Labute approximate surface area is 164 Å². The molecule has 4 rings (SSSR count). The van der Waals surface area contributed by atoms with Crippen LogP contribution in [0.3, 0.4) is 0 Å². The zero-order valence-corrected chi connectivity index (χ0v) is 15.2. The number of ether oxygens (including phenoxy) is 1. The zero-order chi connectivity index (χ0) is 20.5. The highest BCUT2D eigenvalue weighted by Gasteiger charge is 2.23. The van der Waals surface area contributed by atoms with Gasteiger partial charge in [-0.15, -0.1) is 0 Å². The molecule has 142 valence electrons. The first-order valence-corrected chi connectivity index (χ1v) is 8.61. The molecule has 0 aliphatic carbocycles. The number of aromatic nitrogens is 1. The smallest absolute Gasteiger partial charge is 0.339 e. The Morgan fingerprint density at radius 2 is 1.76 bits per heavy atom. The maximum absolute atomic E-state index is 13.4. The van der Waals surface area contributed by atoms with E-state index >= 15 is 0 Å². The summed E-state index contributed by atoms with van der Waals surface area (Å²) in [5.41, 5.74) is -0.467. The van der Waals surface area contributed by atoms with Crippen LogP contribution in [0.2, 0.25) is 0 Å². The minimum atomic E-state index is -0.855. The van der Waals surface area contributed by atoms with Crippen molar-refractivity contribution in [3.05, 3.63) is 87.0 Å². The van der Waals surface area contributed by atoms with E-state index in [2.05, 4.69) is 0 Å². The number of hydrogen-bond donors (Lipinski definition) is 1. The molecule has 0 aliphatic rings. The summed E-state index contributed by atoms with van der Waals surface area (Å²) in [6.07, 6.45) is 0. The molecular formula is C22H14N2O5. The molecule has 29 heavy (non-hydrogen) atoms. The maximum Gasteiger partial charge on any atom is 0.339 e. The van der Waals surface area contributed by atoms with E-state index in [0.717, 1.165) is 6.07 Å². The van der Waals surface area contributed by atoms with Crippen molar-refractivity contribution >= 4 is 11.0 Å². The quantitative estimate of drug-likeness (QED) is 0.580. The largest absolute Gasteiger partial charge is 0.507 e. The molecule has 0 saturated heterocycles. The number of hydrogen-bond acceptors (Lipinski definition) is 6. The van der Waals surface area contributed by atoms with E-state index in [9.17, 15) is 20.0 Å². The lowest BCUT2D eigenvalue weighted by atomic mass is 10.0. The van der Waals surface area contributed by atoms with Gasteiger partial charge in [-0.25, -0.2) is 4.79 Å². The van der Waals surface area contributed by atoms with Crippen molar-refractivity contribution in [1.29, 1.82) is 5.26 Å². The van der Waals surface area contributed by atoms with E-state index in [-0.39, 0.29) is 22.2 Å². The van der Waals surface area contributed by atoms with Gasteiger partial charge in [0.25, 0.3) is 5.56 Å². The first kappa shape index (κ1) is 18.1. The first-order chi connectivity index (χ1) is 14.0. The molecule has 0 fully saturated rings. The van der Waals surface area contributed by atoms with Crippen LogP contribution in [0.15, 0.2) is 74.7 Å². The van der Waals surface area contributed by atoms with Crippen molar-refractivity contribution in [2.24, 2.45) is 0 Å². The second kappa shape index (κ2) is 7.02. The van der Waals surface area contributed by atoms with Crippen molar-refractivity contribution in [1.82, 2.24) is 4.57 Å². The van der Waals surface area contributed by atoms with Crippen LogP contribution in [0.5, 0.6) is 11.5 Å². The third-order valence-electron chi connectivity index (χ3n) is 4.53. The highest BCUT2D eigenvalue weighted by molar-refractivity contribution is 5.92. The number of nitrogens with zero attached hydrogens (tertiary/aromatic N) is 2. The van der Waals surface area contributed by atoms with Gasteiger partial charge in [0.1, 0.15) is 28.5 Å². The molecule has 0 bridgehead atoms. The highest BCUT2D eigenvalue weighted by atomic mass is 16.5. The van der Waals surface area contributed by atoms with Gasteiger partial charge in [0.15, 0.2) is 5.58 Å². The van der Waals surface area contributed by atoms with Crippen molar-refractivity contribution in [2.75, 3.05) is 7.11 Å². The number of methoxy groups -OCH3 is 1. The van der Waals surface area contributed by atoms with Gasteiger partial charge in [-0.2, -0.15) is 5.26 Å². The minimum Gasteiger partial charge on any atom is -0.507 e. The molecule has 0 saturated carbocycles. The van der Waals surface area contributed by atoms with Crippen LogP contribution in [-0.4, -0.2) is 16.8 Å². The van der Waals surface area contributed by atoms with Crippen LogP contribution in [0.1, 0.15) is 5.56 Å². The lowest BCUT2D eigenvalue weighted by molar-refractivity contribution is 0.414. The molecule has 0 atom stereocenters. The average molecular weight is 386 g/mol. The summed E-state index contributed by atoms with van der Waals surface area (Å²) >= 11 is 0. The van der Waals surface area contributed by atoms with Gasteiger partial charge in [0, 0.05) is 11.3 Å². The van der Waals surface area contributed by atoms with Crippen LogP contribution in [0.4, 0.5) is 0 Å². The maximum atomic E-state index is 13.4. The molecule has 0 aliphatic heterocycles. The Balaban J connectivity index is 2.24. The molecular weight excluding hydrogens is 372 g/mol. The number of aromatic hydroxyl groups is 1. The fraction of sp³-hybridized carbons (Fsp3) is 0.0455. The van der Waals surface area contributed by atoms with E-state index in [0.29, 0.717) is 17.0 Å². The summed E-state index contributed by atoms with van der Waals surface area (Å²) in [4.78, 5) is 25.2. The Hall–Kier alpha value is -4.31. The average Bonchev–Trinajstić information content (AvgIpc) is 2.73. The molecule has 0 radical (unpaired) electrons. The molecule has 0 unspecified atom stereocenters. The zero-order valence-electron chi connectivity index (χ0n) is 15.2. The first-order valence-electron chi connectivity index (χ1n) is 8.61. The third-order valence-corrected chi connectivity index (χ3v) is 4.53. The summed E-state index contributed by atoms with van der Waals surface area (Å²) in [6.45, 7) is 0. The van der Waals surface area contributed by atoms with Crippen molar-refractivity contribution in [2.45, 2.75) is 0 Å². The lowest BCUT2D eigenvalue weighted by Gasteiger charge is -2.17. The molecule has 1 N–H and O–H groups in total. The molecule has 2 aromatic carbocycles. The predicted molar refractivity (Wildman–Crippen MR) is 106 cm³/mol. The van der Waals surface area contributed by atoms with E-state index in [1.807, 2.05) is 6.07 Å². The number of nitriles is 1. The molecule has 0 amide bonds. The monoisotopic (exact) mass is 386 g/mol. The third kappa shape index (κ3) is 2.93. The number of benzene rings is 2. The molecule has 2 aromatic heterocycles.